The van der Waals surface area contributed by atoms with Crippen molar-refractivity contribution in [1.29, 1.82) is 0 Å². The lowest BCUT2D eigenvalue weighted by molar-refractivity contribution is 0.462. The minimum Gasteiger partial charge on any atom is -0.343 e. The molecule has 4 nitrogen and oxygen atoms in total. The van der Waals surface area contributed by atoms with Crippen LogP contribution in [0.25, 0.3) is 0 Å². The van der Waals surface area contributed by atoms with Crippen molar-refractivity contribution in [2.75, 3.05) is 23.3 Å². The zero-order valence-electron chi connectivity index (χ0n) is 16.1. The third kappa shape index (κ3) is 2.60. The molecule has 4 rings (SSSR count). The molecule has 0 aliphatic carbocycles. The van der Waals surface area contributed by atoms with Crippen LogP contribution in [-0.4, -0.2) is 19.9 Å². The van der Waals surface area contributed by atoms with Crippen LogP contribution >= 0.6 is 6.42 Å². The van der Waals surface area contributed by atoms with Gasteiger partial charge in [0.05, 0.1) is 17.2 Å². The zero-order valence-corrected chi connectivity index (χ0v) is 17.8. The Bertz CT molecular complexity index is 984. The summed E-state index contributed by atoms with van der Waals surface area (Å²) in [6, 6.07) is 18.6. The van der Waals surface area contributed by atoms with Crippen molar-refractivity contribution in [1.82, 2.24) is 0 Å². The van der Waals surface area contributed by atoms with Gasteiger partial charge in [-0.15, -0.1) is 0 Å². The van der Waals surface area contributed by atoms with Gasteiger partial charge in [0.1, 0.15) is 0 Å². The summed E-state index contributed by atoms with van der Waals surface area (Å²) in [5.74, 6) is 0. The highest BCUT2D eigenvalue weighted by molar-refractivity contribution is 8.15. The number of benzene rings is 2. The largest absolute Gasteiger partial charge is 0.343 e. The van der Waals surface area contributed by atoms with Gasteiger partial charge < -0.3 is 9.42 Å². The number of hydrogen-bond donors (Lipinski definition) is 0. The Kier molecular flexibility index (Phi) is 4.50. The molecule has 2 aromatic carbocycles. The van der Waals surface area contributed by atoms with Gasteiger partial charge in [0.25, 0.3) is 0 Å². The van der Waals surface area contributed by atoms with E-state index in [0.29, 0.717) is 0 Å². The fourth-order valence-corrected chi connectivity index (χ4v) is 6.97. The number of likely N-dealkylation sites (N-methyl/N-ethyl adjacent to an activating group) is 1. The molecule has 0 saturated carbocycles. The molecule has 1 atom stereocenters. The summed E-state index contributed by atoms with van der Waals surface area (Å²) in [7, 11) is 1.71. The van der Waals surface area contributed by atoms with Crippen LogP contribution in [0.3, 0.4) is 0 Å². The van der Waals surface area contributed by atoms with E-state index in [9.17, 15) is 0 Å². The smallest absolute Gasteiger partial charge is 0.209 e. The predicted octanol–water partition coefficient (Wildman–Crippen LogP) is 5.48. The van der Waals surface area contributed by atoms with Gasteiger partial charge in [-0.25, -0.2) is 4.78 Å². The molecule has 1 unspecified atom stereocenters. The number of anilines is 2. The molecule has 0 radical (unpaired) electrons. The molecule has 0 amide bonds. The number of fused-ring (bicyclic) bond motifs is 1. The molecule has 2 aromatic rings. The van der Waals surface area contributed by atoms with Crippen LogP contribution in [0, 0.1) is 0 Å². The fourth-order valence-electron chi connectivity index (χ4n) is 4.11. The second-order valence-corrected chi connectivity index (χ2v) is 10.9. The Morgan fingerprint density at radius 1 is 1.07 bits per heavy atom. The summed E-state index contributed by atoms with van der Waals surface area (Å²) in [5, 5.41) is 5.73. The minimum absolute atomic E-state index is 0.163. The summed E-state index contributed by atoms with van der Waals surface area (Å²) in [6.07, 6.45) is -0.599. The molecule has 2 aliphatic rings. The van der Waals surface area contributed by atoms with Crippen LogP contribution in [-0.2, 0) is 21.7 Å². The van der Waals surface area contributed by atoms with Gasteiger partial charge in [0, 0.05) is 30.5 Å². The number of para-hydroxylation sites is 2. The van der Waals surface area contributed by atoms with E-state index in [2.05, 4.69) is 49.9 Å². The first kappa shape index (κ1) is 18.4. The van der Waals surface area contributed by atoms with Gasteiger partial charge >= 0.3 is 0 Å². The van der Waals surface area contributed by atoms with E-state index in [1.165, 1.54) is 16.9 Å². The number of rotatable bonds is 3. The van der Waals surface area contributed by atoms with Crippen LogP contribution < -0.4 is 9.68 Å². The molecule has 0 N–H and O–H groups in total. The molecule has 0 saturated heterocycles. The average molecular weight is 397 g/mol. The second-order valence-electron chi connectivity index (χ2n) is 7.19. The van der Waals surface area contributed by atoms with E-state index in [-0.39, 0.29) is 5.41 Å². The van der Waals surface area contributed by atoms with Crippen molar-refractivity contribution in [3.05, 3.63) is 71.2 Å². The molecule has 0 bridgehead atoms. The molecule has 27 heavy (non-hydrogen) atoms. The Balaban J connectivity index is 1.93. The SMILES string of the molecule is CCN1C(=C2C=NN(c3ccccc3)P2(=S)OC)C(C)(C)c2ccccc21. The average Bonchev–Trinajstić information content (AvgIpc) is 3.14. The molecule has 0 fully saturated rings. The first-order chi connectivity index (χ1) is 12.9. The summed E-state index contributed by atoms with van der Waals surface area (Å²) in [4.78, 5) is 2.37. The molecule has 0 spiro atoms. The highest BCUT2D eigenvalue weighted by Crippen LogP contribution is 2.65. The topological polar surface area (TPSA) is 28.1 Å². The number of nitrogens with zero attached hydrogens (tertiary/aromatic N) is 3. The van der Waals surface area contributed by atoms with E-state index < -0.39 is 6.42 Å². The monoisotopic (exact) mass is 397 g/mol. The maximum absolute atomic E-state index is 6.15. The van der Waals surface area contributed by atoms with Crippen molar-refractivity contribution in [2.24, 2.45) is 5.10 Å². The molecular weight excluding hydrogens is 373 g/mol. The Labute approximate surface area is 166 Å². The molecule has 0 aromatic heterocycles. The van der Waals surface area contributed by atoms with Crippen LogP contribution in [0.1, 0.15) is 26.3 Å². The van der Waals surface area contributed by atoms with Gasteiger partial charge in [-0.05, 0) is 42.5 Å². The van der Waals surface area contributed by atoms with Crippen molar-refractivity contribution >= 4 is 35.8 Å². The van der Waals surface area contributed by atoms with E-state index >= 15 is 0 Å². The van der Waals surface area contributed by atoms with E-state index in [0.717, 1.165) is 17.5 Å². The van der Waals surface area contributed by atoms with Crippen LogP contribution in [0.15, 0.2) is 70.7 Å². The highest BCUT2D eigenvalue weighted by atomic mass is 32.4. The minimum atomic E-state index is -2.52. The lowest BCUT2D eigenvalue weighted by Gasteiger charge is -2.32. The maximum atomic E-state index is 6.15. The third-order valence-corrected chi connectivity index (χ3v) is 9.13. The summed E-state index contributed by atoms with van der Waals surface area (Å²) < 4.78 is 7.92. The summed E-state index contributed by atoms with van der Waals surface area (Å²) >= 11 is 6.15. The van der Waals surface area contributed by atoms with Crippen molar-refractivity contribution in [3.8, 4) is 0 Å². The predicted molar refractivity (Wildman–Crippen MR) is 118 cm³/mol. The molecular formula is C21H24N3OPS. The van der Waals surface area contributed by atoms with Crippen molar-refractivity contribution < 1.29 is 4.52 Å². The summed E-state index contributed by atoms with van der Waals surface area (Å²) in [6.45, 7) is 7.57. The molecule has 6 heteroatoms. The first-order valence-corrected chi connectivity index (χ1v) is 11.8. The fraction of sp³-hybridized carbons (Fsp3) is 0.286. The van der Waals surface area contributed by atoms with E-state index in [4.69, 9.17) is 21.4 Å². The van der Waals surface area contributed by atoms with Gasteiger partial charge in [0.15, 0.2) is 0 Å². The van der Waals surface area contributed by atoms with Gasteiger partial charge in [0.2, 0.25) is 6.42 Å². The quantitative estimate of drug-likeness (QED) is 0.642. The van der Waals surface area contributed by atoms with Crippen LogP contribution in [0.2, 0.25) is 0 Å². The Morgan fingerprint density at radius 3 is 2.41 bits per heavy atom. The van der Waals surface area contributed by atoms with E-state index in [1.807, 2.05) is 41.3 Å². The maximum Gasteiger partial charge on any atom is 0.209 e. The zero-order chi connectivity index (χ0) is 19.2. The molecule has 2 heterocycles. The third-order valence-electron chi connectivity index (χ3n) is 5.37. The van der Waals surface area contributed by atoms with Crippen LogP contribution in [0.5, 0.6) is 0 Å². The van der Waals surface area contributed by atoms with E-state index in [1.54, 1.807) is 7.11 Å². The molecule has 140 valence electrons. The number of allylic oxidation sites excluding steroid dienone is 2. The van der Waals surface area contributed by atoms with Gasteiger partial charge in [-0.2, -0.15) is 5.10 Å². The molecule has 2 aliphatic heterocycles. The summed E-state index contributed by atoms with van der Waals surface area (Å²) in [5.41, 5.74) is 4.57. The first-order valence-electron chi connectivity index (χ1n) is 9.13. The standard InChI is InChI=1S/C21H24N3OPS/c1-5-23-18-14-10-9-13-17(18)21(2,3)20(23)19-15-22-24(26(19,27)25-4)16-11-7-6-8-12-16/h6-15H,5H2,1-4H3. The van der Waals surface area contributed by atoms with Gasteiger partial charge in [-0.1, -0.05) is 50.2 Å². The number of hydrogen-bond acceptors (Lipinski definition) is 4. The van der Waals surface area contributed by atoms with Crippen LogP contribution in [0.4, 0.5) is 11.4 Å². The van der Waals surface area contributed by atoms with Gasteiger partial charge in [-0.3, -0.25) is 0 Å². The Hall–Kier alpha value is -1.94. The second kappa shape index (κ2) is 6.59. The van der Waals surface area contributed by atoms with Crippen molar-refractivity contribution in [3.63, 3.8) is 0 Å². The highest BCUT2D eigenvalue weighted by Gasteiger charge is 2.47. The Morgan fingerprint density at radius 2 is 1.74 bits per heavy atom. The lowest BCUT2D eigenvalue weighted by atomic mass is 9.84. The van der Waals surface area contributed by atoms with Crippen molar-refractivity contribution in [2.45, 2.75) is 26.2 Å². The number of hydrazone groups is 1. The lowest BCUT2D eigenvalue weighted by Crippen LogP contribution is -2.28. The normalized spacial score (nSPS) is 25.9.